The van der Waals surface area contributed by atoms with Crippen LogP contribution in [0.2, 0.25) is 10.0 Å². The molecule has 1 unspecified atom stereocenters. The standard InChI is InChI=1S/C18H19Cl2N3O2S/c1-23(10-17(24)21-12-4-3-5-14(8-12)26-2)11-18(25)22-13-6-7-15(19)16(20)9-13/h3-9H,10-11H2,1-2H3,(H,21,24)(H,22,25)/p+1. The second-order valence-electron chi connectivity index (χ2n) is 5.77. The van der Waals surface area contributed by atoms with Crippen LogP contribution in [0.4, 0.5) is 11.4 Å². The molecule has 8 heteroatoms. The lowest BCUT2D eigenvalue weighted by molar-refractivity contribution is -0.862. The zero-order chi connectivity index (χ0) is 19.1. The van der Waals surface area contributed by atoms with Gasteiger partial charge < -0.3 is 15.5 Å². The number of rotatable bonds is 7. The van der Waals surface area contributed by atoms with Gasteiger partial charge in [0, 0.05) is 16.3 Å². The first-order chi connectivity index (χ1) is 12.4. The minimum atomic E-state index is -0.210. The monoisotopic (exact) mass is 412 g/mol. The van der Waals surface area contributed by atoms with Gasteiger partial charge in [-0.05, 0) is 42.7 Å². The topological polar surface area (TPSA) is 62.6 Å². The van der Waals surface area contributed by atoms with Gasteiger partial charge in [-0.1, -0.05) is 29.3 Å². The predicted molar refractivity (Wildman–Crippen MR) is 109 cm³/mol. The van der Waals surface area contributed by atoms with E-state index in [1.807, 2.05) is 30.5 Å². The number of amides is 2. The summed E-state index contributed by atoms with van der Waals surface area (Å²) in [5.74, 6) is -0.360. The van der Waals surface area contributed by atoms with Crippen molar-refractivity contribution in [3.63, 3.8) is 0 Å². The Labute approximate surface area is 167 Å². The molecule has 0 bridgehead atoms. The first-order valence-electron chi connectivity index (χ1n) is 7.87. The molecule has 3 N–H and O–H groups in total. The zero-order valence-corrected chi connectivity index (χ0v) is 16.8. The lowest BCUT2D eigenvalue weighted by Crippen LogP contribution is -3.11. The van der Waals surface area contributed by atoms with Crippen molar-refractivity contribution in [2.45, 2.75) is 4.90 Å². The number of quaternary nitrogens is 1. The van der Waals surface area contributed by atoms with Crippen LogP contribution < -0.4 is 15.5 Å². The van der Waals surface area contributed by atoms with Crippen molar-refractivity contribution >= 4 is 58.2 Å². The summed E-state index contributed by atoms with van der Waals surface area (Å²) in [4.78, 5) is 26.1. The van der Waals surface area contributed by atoms with Crippen molar-refractivity contribution in [3.05, 3.63) is 52.5 Å². The number of thioether (sulfide) groups is 1. The number of hydrogen-bond donors (Lipinski definition) is 3. The van der Waals surface area contributed by atoms with E-state index in [1.165, 1.54) is 0 Å². The minimum Gasteiger partial charge on any atom is -0.322 e. The van der Waals surface area contributed by atoms with Crippen molar-refractivity contribution in [2.24, 2.45) is 0 Å². The summed E-state index contributed by atoms with van der Waals surface area (Å²) < 4.78 is 0. The summed E-state index contributed by atoms with van der Waals surface area (Å²) in [6.07, 6.45) is 1.98. The molecule has 0 aliphatic heterocycles. The first-order valence-corrected chi connectivity index (χ1v) is 9.85. The van der Waals surface area contributed by atoms with Crippen LogP contribution in [-0.4, -0.2) is 38.2 Å². The van der Waals surface area contributed by atoms with E-state index in [9.17, 15) is 9.59 Å². The van der Waals surface area contributed by atoms with Gasteiger partial charge in [-0.2, -0.15) is 0 Å². The highest BCUT2D eigenvalue weighted by Gasteiger charge is 2.15. The highest BCUT2D eigenvalue weighted by Crippen LogP contribution is 2.24. The minimum absolute atomic E-state index is 0.150. The molecule has 0 saturated heterocycles. The highest BCUT2D eigenvalue weighted by atomic mass is 35.5. The molecule has 0 spiro atoms. The van der Waals surface area contributed by atoms with Gasteiger partial charge in [-0.25, -0.2) is 0 Å². The Morgan fingerprint density at radius 1 is 0.962 bits per heavy atom. The molecule has 138 valence electrons. The third kappa shape index (κ3) is 6.53. The maximum atomic E-state index is 12.1. The summed E-state index contributed by atoms with van der Waals surface area (Å²) >= 11 is 13.4. The Bertz CT molecular complexity index is 802. The van der Waals surface area contributed by atoms with Gasteiger partial charge in [0.25, 0.3) is 11.8 Å². The van der Waals surface area contributed by atoms with Crippen LogP contribution in [0.25, 0.3) is 0 Å². The summed E-state index contributed by atoms with van der Waals surface area (Å²) in [5.41, 5.74) is 1.31. The number of carbonyl (C=O) groups is 2. The maximum absolute atomic E-state index is 12.1. The van der Waals surface area contributed by atoms with E-state index in [0.29, 0.717) is 15.7 Å². The van der Waals surface area contributed by atoms with Crippen LogP contribution in [0, 0.1) is 0 Å². The fourth-order valence-electron chi connectivity index (χ4n) is 2.30. The van der Waals surface area contributed by atoms with Gasteiger partial charge in [-0.15, -0.1) is 11.8 Å². The molecular weight excluding hydrogens is 393 g/mol. The van der Waals surface area contributed by atoms with Gasteiger partial charge in [0.15, 0.2) is 13.1 Å². The van der Waals surface area contributed by atoms with Gasteiger partial charge in [-0.3, -0.25) is 9.59 Å². The van der Waals surface area contributed by atoms with E-state index < -0.39 is 0 Å². The van der Waals surface area contributed by atoms with Crippen molar-refractivity contribution < 1.29 is 14.5 Å². The molecule has 2 aromatic rings. The average Bonchev–Trinajstić information content (AvgIpc) is 2.57. The quantitative estimate of drug-likeness (QED) is 0.612. The molecule has 0 saturated carbocycles. The fraction of sp³-hybridized carbons (Fsp3) is 0.222. The van der Waals surface area contributed by atoms with Crippen LogP contribution in [0.15, 0.2) is 47.4 Å². The zero-order valence-electron chi connectivity index (χ0n) is 14.4. The largest absolute Gasteiger partial charge is 0.322 e. The van der Waals surface area contributed by atoms with E-state index in [2.05, 4.69) is 10.6 Å². The molecule has 0 heterocycles. The number of hydrogen-bond acceptors (Lipinski definition) is 3. The van der Waals surface area contributed by atoms with Gasteiger partial charge in [0.2, 0.25) is 0 Å². The molecule has 26 heavy (non-hydrogen) atoms. The summed E-state index contributed by atoms with van der Waals surface area (Å²) in [5, 5.41) is 6.39. The van der Waals surface area contributed by atoms with E-state index in [0.717, 1.165) is 15.5 Å². The summed E-state index contributed by atoms with van der Waals surface area (Å²) in [7, 11) is 1.78. The van der Waals surface area contributed by atoms with Gasteiger partial charge >= 0.3 is 0 Å². The van der Waals surface area contributed by atoms with Crippen molar-refractivity contribution in [3.8, 4) is 0 Å². The fourth-order valence-corrected chi connectivity index (χ4v) is 3.05. The van der Waals surface area contributed by atoms with Crippen LogP contribution in [0.1, 0.15) is 0 Å². The number of benzene rings is 2. The number of nitrogens with one attached hydrogen (secondary N) is 3. The molecule has 0 fully saturated rings. The Morgan fingerprint density at radius 3 is 2.15 bits per heavy atom. The van der Waals surface area contributed by atoms with Crippen LogP contribution >= 0.6 is 35.0 Å². The molecule has 2 aromatic carbocycles. The van der Waals surface area contributed by atoms with Gasteiger partial charge in [0.05, 0.1) is 17.1 Å². The van der Waals surface area contributed by atoms with E-state index in [1.54, 1.807) is 37.0 Å². The van der Waals surface area contributed by atoms with Crippen molar-refractivity contribution in [1.29, 1.82) is 0 Å². The molecule has 5 nitrogen and oxygen atoms in total. The molecule has 0 aliphatic carbocycles. The van der Waals surface area contributed by atoms with E-state index in [4.69, 9.17) is 23.2 Å². The predicted octanol–water partition coefficient (Wildman–Crippen LogP) is 2.81. The SMILES string of the molecule is CSc1cccc(NC(=O)C[NH+](C)CC(=O)Nc2ccc(Cl)c(Cl)c2)c1. The number of likely N-dealkylation sites (N-methyl/N-ethyl adjacent to an activating group) is 1. The third-order valence-electron chi connectivity index (χ3n) is 3.48. The maximum Gasteiger partial charge on any atom is 0.279 e. The second-order valence-corrected chi connectivity index (χ2v) is 7.46. The van der Waals surface area contributed by atoms with Crippen molar-refractivity contribution in [1.82, 2.24) is 0 Å². The molecule has 0 aromatic heterocycles. The van der Waals surface area contributed by atoms with E-state index >= 15 is 0 Å². The Balaban J connectivity index is 1.82. The number of carbonyl (C=O) groups excluding carboxylic acids is 2. The summed E-state index contributed by atoms with van der Waals surface area (Å²) in [6, 6.07) is 12.5. The molecular formula is C18H20Cl2N3O2S+. The third-order valence-corrected chi connectivity index (χ3v) is 4.95. The summed E-state index contributed by atoms with van der Waals surface area (Å²) in [6.45, 7) is 0.330. The van der Waals surface area contributed by atoms with Crippen LogP contribution in [0.5, 0.6) is 0 Å². The number of halogens is 2. The second kappa shape index (κ2) is 9.83. The Kier molecular flexibility index (Phi) is 7.78. The Hall–Kier alpha value is -1.73. The number of anilines is 2. The molecule has 2 rings (SSSR count). The normalized spacial score (nSPS) is 11.7. The van der Waals surface area contributed by atoms with Gasteiger partial charge in [0.1, 0.15) is 0 Å². The average molecular weight is 413 g/mol. The van der Waals surface area contributed by atoms with E-state index in [-0.39, 0.29) is 24.9 Å². The smallest absolute Gasteiger partial charge is 0.279 e. The van der Waals surface area contributed by atoms with Crippen molar-refractivity contribution in [2.75, 3.05) is 37.0 Å². The van der Waals surface area contributed by atoms with Crippen LogP contribution in [-0.2, 0) is 9.59 Å². The molecule has 0 radical (unpaired) electrons. The molecule has 0 aliphatic rings. The van der Waals surface area contributed by atoms with Crippen LogP contribution in [0.3, 0.4) is 0 Å². The Morgan fingerprint density at radius 2 is 1.58 bits per heavy atom. The molecule has 1 atom stereocenters. The molecule has 2 amide bonds. The lowest BCUT2D eigenvalue weighted by atomic mass is 10.3. The first kappa shape index (κ1) is 20.6. The highest BCUT2D eigenvalue weighted by molar-refractivity contribution is 7.98. The lowest BCUT2D eigenvalue weighted by Gasteiger charge is -2.14.